The minimum Gasteiger partial charge on any atom is -0.343 e. The van der Waals surface area contributed by atoms with Crippen molar-refractivity contribution in [2.75, 3.05) is 13.1 Å². The molecule has 1 aliphatic heterocycles. The van der Waals surface area contributed by atoms with E-state index in [1.807, 2.05) is 23.1 Å². The Hall–Kier alpha value is -3.59. The Morgan fingerprint density at radius 3 is 2.45 bits per heavy atom. The van der Waals surface area contributed by atoms with Crippen molar-refractivity contribution in [3.63, 3.8) is 0 Å². The van der Waals surface area contributed by atoms with Crippen LogP contribution < -0.4 is 11.1 Å². The lowest BCUT2D eigenvalue weighted by Crippen LogP contribution is -2.57. The highest BCUT2D eigenvalue weighted by Gasteiger charge is 2.32. The first kappa shape index (κ1) is 27.4. The van der Waals surface area contributed by atoms with Crippen molar-refractivity contribution in [3.05, 3.63) is 77.1 Å². The van der Waals surface area contributed by atoms with Crippen molar-refractivity contribution in [2.45, 2.75) is 76.3 Å². The molecule has 1 fully saturated rings. The average Bonchev–Trinajstić information content (AvgIpc) is 3.45. The van der Waals surface area contributed by atoms with Gasteiger partial charge in [-0.15, -0.1) is 10.2 Å². The maximum absolute atomic E-state index is 13.6. The Balaban J connectivity index is 1.36. The molecule has 38 heavy (non-hydrogen) atoms. The van der Waals surface area contributed by atoms with E-state index in [1.165, 1.54) is 16.7 Å². The van der Waals surface area contributed by atoms with Crippen LogP contribution >= 0.6 is 0 Å². The SMILES string of the molecule is CC(C)(N)C(=O)NC(CCCc1ccccc1)C(=O)N1CCC(c2ccccc2CCc2nn[nH]n2)CC1. The summed E-state index contributed by atoms with van der Waals surface area (Å²) >= 11 is 0. The average molecular weight is 518 g/mol. The number of nitrogens with zero attached hydrogens (tertiary/aromatic N) is 4. The summed E-state index contributed by atoms with van der Waals surface area (Å²) in [6, 6.07) is 18.1. The van der Waals surface area contributed by atoms with Gasteiger partial charge in [0.05, 0.1) is 5.54 Å². The molecule has 0 saturated carbocycles. The van der Waals surface area contributed by atoms with Gasteiger partial charge in [-0.2, -0.15) is 5.21 Å². The van der Waals surface area contributed by atoms with E-state index in [0.717, 1.165) is 38.5 Å². The molecule has 1 saturated heterocycles. The first-order valence-electron chi connectivity index (χ1n) is 13.5. The van der Waals surface area contributed by atoms with Gasteiger partial charge in [-0.05, 0) is 75.0 Å². The Morgan fingerprint density at radius 2 is 1.76 bits per heavy atom. The highest BCUT2D eigenvalue weighted by molar-refractivity contribution is 5.91. The normalized spacial score (nSPS) is 15.3. The summed E-state index contributed by atoms with van der Waals surface area (Å²) < 4.78 is 0. The number of carbonyl (C=O) groups is 2. The zero-order chi connectivity index (χ0) is 27.0. The molecule has 0 spiro atoms. The fraction of sp³-hybridized carbons (Fsp3) is 0.483. The number of aryl methyl sites for hydroxylation is 3. The highest BCUT2D eigenvalue weighted by Crippen LogP contribution is 2.31. The molecular weight excluding hydrogens is 478 g/mol. The van der Waals surface area contributed by atoms with Crippen molar-refractivity contribution in [1.82, 2.24) is 30.8 Å². The van der Waals surface area contributed by atoms with Gasteiger partial charge in [0.2, 0.25) is 11.8 Å². The fourth-order valence-electron chi connectivity index (χ4n) is 5.08. The summed E-state index contributed by atoms with van der Waals surface area (Å²) in [6.45, 7) is 4.66. The molecule has 3 aromatic rings. The molecule has 202 valence electrons. The molecular formula is C29H39N7O2. The van der Waals surface area contributed by atoms with E-state index in [4.69, 9.17) is 5.73 Å². The van der Waals surface area contributed by atoms with E-state index >= 15 is 0 Å². The number of amides is 2. The third kappa shape index (κ3) is 7.47. The molecule has 2 amide bonds. The first-order valence-corrected chi connectivity index (χ1v) is 13.5. The molecule has 2 heterocycles. The number of hydrogen-bond donors (Lipinski definition) is 3. The third-order valence-corrected chi connectivity index (χ3v) is 7.30. The Bertz CT molecular complexity index is 1170. The van der Waals surface area contributed by atoms with Gasteiger partial charge in [-0.3, -0.25) is 9.59 Å². The molecule has 0 aliphatic carbocycles. The minimum absolute atomic E-state index is 0.0143. The summed E-state index contributed by atoms with van der Waals surface area (Å²) in [6.07, 6.45) is 5.58. The predicted octanol–water partition coefficient (Wildman–Crippen LogP) is 2.94. The number of rotatable bonds is 11. The molecule has 4 N–H and O–H groups in total. The fourth-order valence-corrected chi connectivity index (χ4v) is 5.08. The molecule has 1 unspecified atom stereocenters. The maximum Gasteiger partial charge on any atom is 0.245 e. The largest absolute Gasteiger partial charge is 0.343 e. The second-order valence-electron chi connectivity index (χ2n) is 10.8. The summed E-state index contributed by atoms with van der Waals surface area (Å²) in [5.41, 5.74) is 8.83. The molecule has 4 rings (SSSR count). The molecule has 9 heteroatoms. The molecule has 1 aliphatic rings. The first-order chi connectivity index (χ1) is 18.3. The number of aromatic amines is 1. The van der Waals surface area contributed by atoms with Gasteiger partial charge in [0, 0.05) is 19.5 Å². The van der Waals surface area contributed by atoms with E-state index in [0.29, 0.717) is 31.3 Å². The van der Waals surface area contributed by atoms with E-state index in [1.54, 1.807) is 13.8 Å². The number of tetrazole rings is 1. The van der Waals surface area contributed by atoms with Crippen molar-refractivity contribution in [3.8, 4) is 0 Å². The van der Waals surface area contributed by atoms with E-state index in [9.17, 15) is 9.59 Å². The number of nitrogens with two attached hydrogens (primary N) is 1. The molecule has 0 radical (unpaired) electrons. The van der Waals surface area contributed by atoms with E-state index < -0.39 is 11.6 Å². The van der Waals surface area contributed by atoms with Crippen molar-refractivity contribution in [2.24, 2.45) is 5.73 Å². The van der Waals surface area contributed by atoms with E-state index in [-0.39, 0.29) is 11.8 Å². The summed E-state index contributed by atoms with van der Waals surface area (Å²) in [5.74, 6) is 0.774. The Kier molecular flexibility index (Phi) is 9.23. The van der Waals surface area contributed by atoms with Crippen LogP contribution in [0.4, 0.5) is 0 Å². The van der Waals surface area contributed by atoms with Gasteiger partial charge in [-0.25, -0.2) is 0 Å². The summed E-state index contributed by atoms with van der Waals surface area (Å²) in [7, 11) is 0. The van der Waals surface area contributed by atoms with Crippen LogP contribution in [0.15, 0.2) is 54.6 Å². The molecule has 1 aromatic heterocycles. The molecule has 0 bridgehead atoms. The van der Waals surface area contributed by atoms with Crippen LogP contribution in [-0.2, 0) is 28.9 Å². The lowest BCUT2D eigenvalue weighted by atomic mass is 9.85. The van der Waals surface area contributed by atoms with Crippen LogP contribution in [0.1, 0.15) is 68.0 Å². The Labute approximate surface area is 224 Å². The van der Waals surface area contributed by atoms with Crippen LogP contribution in [0.5, 0.6) is 0 Å². The third-order valence-electron chi connectivity index (χ3n) is 7.30. The monoisotopic (exact) mass is 517 g/mol. The lowest BCUT2D eigenvalue weighted by Gasteiger charge is -2.36. The number of piperidine rings is 1. The Morgan fingerprint density at radius 1 is 1.05 bits per heavy atom. The van der Waals surface area contributed by atoms with Crippen LogP contribution in [-0.4, -0.2) is 62.0 Å². The van der Waals surface area contributed by atoms with Crippen LogP contribution in [0, 0.1) is 0 Å². The zero-order valence-electron chi connectivity index (χ0n) is 22.4. The predicted molar refractivity (Wildman–Crippen MR) is 146 cm³/mol. The molecule has 2 aromatic carbocycles. The molecule has 1 atom stereocenters. The quantitative estimate of drug-likeness (QED) is 0.359. The van der Waals surface area contributed by atoms with Gasteiger partial charge in [0.25, 0.3) is 0 Å². The molecule has 9 nitrogen and oxygen atoms in total. The van der Waals surface area contributed by atoms with Crippen molar-refractivity contribution < 1.29 is 9.59 Å². The van der Waals surface area contributed by atoms with Crippen LogP contribution in [0.3, 0.4) is 0 Å². The van der Waals surface area contributed by atoms with E-state index in [2.05, 4.69) is 62.3 Å². The minimum atomic E-state index is -1.05. The summed E-state index contributed by atoms with van der Waals surface area (Å²) in [5, 5.41) is 17.2. The van der Waals surface area contributed by atoms with Crippen molar-refractivity contribution in [1.29, 1.82) is 0 Å². The van der Waals surface area contributed by atoms with Gasteiger partial charge in [-0.1, -0.05) is 59.8 Å². The van der Waals surface area contributed by atoms with Crippen LogP contribution in [0.25, 0.3) is 0 Å². The smallest absolute Gasteiger partial charge is 0.245 e. The highest BCUT2D eigenvalue weighted by atomic mass is 16.2. The van der Waals surface area contributed by atoms with Gasteiger partial charge >= 0.3 is 0 Å². The van der Waals surface area contributed by atoms with Crippen molar-refractivity contribution >= 4 is 11.8 Å². The van der Waals surface area contributed by atoms with Gasteiger partial charge < -0.3 is 16.0 Å². The summed E-state index contributed by atoms with van der Waals surface area (Å²) in [4.78, 5) is 28.2. The number of aromatic nitrogens is 4. The number of likely N-dealkylation sites (tertiary alicyclic amines) is 1. The number of benzene rings is 2. The van der Waals surface area contributed by atoms with Gasteiger partial charge in [0.1, 0.15) is 6.04 Å². The lowest BCUT2D eigenvalue weighted by molar-refractivity contribution is -0.138. The number of H-pyrrole nitrogens is 1. The number of hydrogen-bond acceptors (Lipinski definition) is 6. The standard InChI is InChI=1S/C29H39N7O2/c1-29(2,30)28(38)31-25(14-8-11-21-9-4-3-5-10-21)27(37)36-19-17-23(18-20-36)24-13-7-6-12-22(24)15-16-26-32-34-35-33-26/h3-7,9-10,12-13,23,25H,8,11,14-20,30H2,1-2H3,(H,31,38)(H,32,33,34,35). The van der Waals surface area contributed by atoms with Crippen LogP contribution in [0.2, 0.25) is 0 Å². The van der Waals surface area contributed by atoms with Gasteiger partial charge in [0.15, 0.2) is 5.82 Å². The zero-order valence-corrected chi connectivity index (χ0v) is 22.4. The number of nitrogens with one attached hydrogen (secondary N) is 2. The topological polar surface area (TPSA) is 130 Å². The number of carbonyl (C=O) groups excluding carboxylic acids is 2. The maximum atomic E-state index is 13.6. The second kappa shape index (κ2) is 12.8. The second-order valence-corrected chi connectivity index (χ2v) is 10.8.